The normalized spacial score (nSPS) is 18.8. The lowest BCUT2D eigenvalue weighted by atomic mass is 10.2. The molecule has 4 nitrogen and oxygen atoms in total. The van der Waals surface area contributed by atoms with Crippen molar-refractivity contribution >= 4 is 40.2 Å². The Labute approximate surface area is 104 Å². The van der Waals surface area contributed by atoms with Crippen LogP contribution in [0.25, 0.3) is 0 Å². The number of rotatable bonds is 3. The number of carbonyl (C=O) groups excluding carboxylic acids is 2. The molecule has 88 valence electrons. The average Bonchev–Trinajstić information content (AvgIpc) is 2.45. The van der Waals surface area contributed by atoms with Gasteiger partial charge in [-0.15, -0.1) is 0 Å². The van der Waals surface area contributed by atoms with Gasteiger partial charge in [0.25, 0.3) is 5.91 Å². The zero-order chi connectivity index (χ0) is 12.3. The maximum atomic E-state index is 11.8. The quantitative estimate of drug-likeness (QED) is 0.437. The van der Waals surface area contributed by atoms with Crippen LogP contribution in [0.2, 0.25) is 0 Å². The molecular weight excluding hydrogens is 246 g/mol. The number of thioether (sulfide) groups is 1. The van der Waals surface area contributed by atoms with Gasteiger partial charge in [0.05, 0.1) is 12.0 Å². The van der Waals surface area contributed by atoms with Crippen LogP contribution < -0.4 is 0 Å². The van der Waals surface area contributed by atoms with Crippen molar-refractivity contribution in [2.75, 3.05) is 13.7 Å². The fraction of sp³-hybridized carbons (Fsp3) is 0.500. The Balaban J connectivity index is 2.82. The van der Waals surface area contributed by atoms with Gasteiger partial charge in [-0.05, 0) is 5.92 Å². The Bertz CT molecular complexity index is 363. The third kappa shape index (κ3) is 3.05. The van der Waals surface area contributed by atoms with Crippen LogP contribution in [-0.4, -0.2) is 34.8 Å². The van der Waals surface area contributed by atoms with E-state index in [2.05, 4.69) is 4.74 Å². The largest absolute Gasteiger partial charge is 0.466 e. The number of ether oxygens (including phenoxy) is 1. The minimum absolute atomic E-state index is 0.214. The smallest absolute Gasteiger partial charge is 0.331 e. The lowest BCUT2D eigenvalue weighted by Gasteiger charge is -2.16. The molecular formula is C10H13NO3S2. The topological polar surface area (TPSA) is 46.6 Å². The molecule has 0 aromatic heterocycles. The summed E-state index contributed by atoms with van der Waals surface area (Å²) < 4.78 is 4.96. The van der Waals surface area contributed by atoms with Gasteiger partial charge in [0.1, 0.15) is 4.32 Å². The molecule has 0 aromatic rings. The highest BCUT2D eigenvalue weighted by Crippen LogP contribution is 2.31. The molecule has 0 N–H and O–H groups in total. The van der Waals surface area contributed by atoms with Crippen molar-refractivity contribution in [2.24, 2.45) is 5.92 Å². The van der Waals surface area contributed by atoms with Gasteiger partial charge in [-0.3, -0.25) is 9.69 Å². The summed E-state index contributed by atoms with van der Waals surface area (Å²) in [5.41, 5.74) is 0. The van der Waals surface area contributed by atoms with Crippen molar-refractivity contribution < 1.29 is 14.3 Å². The molecule has 1 heterocycles. The summed E-state index contributed by atoms with van der Waals surface area (Å²) in [7, 11) is 1.27. The molecule has 0 aliphatic carbocycles. The molecule has 1 aliphatic rings. The molecule has 0 atom stereocenters. The van der Waals surface area contributed by atoms with E-state index in [-0.39, 0.29) is 5.91 Å². The van der Waals surface area contributed by atoms with Crippen LogP contribution in [-0.2, 0) is 14.3 Å². The van der Waals surface area contributed by atoms with Crippen LogP contribution in [0, 0.1) is 5.92 Å². The van der Waals surface area contributed by atoms with E-state index in [1.165, 1.54) is 18.1 Å². The Morgan fingerprint density at radius 1 is 1.62 bits per heavy atom. The third-order valence-electron chi connectivity index (χ3n) is 1.87. The predicted octanol–water partition coefficient (Wildman–Crippen LogP) is 1.56. The highest BCUT2D eigenvalue weighted by molar-refractivity contribution is 8.26. The standard InChI is InChI=1S/C10H13NO3S2/c1-6(2)5-11-9(13)7(16-10(11)15)4-8(12)14-3/h4,6H,5H2,1-3H3/b7-4+. The molecule has 6 heteroatoms. The van der Waals surface area contributed by atoms with Crippen molar-refractivity contribution in [3.05, 3.63) is 11.0 Å². The van der Waals surface area contributed by atoms with E-state index in [1.807, 2.05) is 13.8 Å². The lowest BCUT2D eigenvalue weighted by Crippen LogP contribution is -2.31. The molecule has 0 saturated carbocycles. The Morgan fingerprint density at radius 3 is 2.75 bits per heavy atom. The van der Waals surface area contributed by atoms with E-state index in [4.69, 9.17) is 12.2 Å². The van der Waals surface area contributed by atoms with E-state index in [1.54, 1.807) is 0 Å². The number of hydrogen-bond acceptors (Lipinski definition) is 5. The number of methoxy groups -OCH3 is 1. The minimum Gasteiger partial charge on any atom is -0.466 e. The first-order valence-corrected chi connectivity index (χ1v) is 6.01. The zero-order valence-electron chi connectivity index (χ0n) is 9.35. The highest BCUT2D eigenvalue weighted by Gasteiger charge is 2.32. The summed E-state index contributed by atoms with van der Waals surface area (Å²) in [6.07, 6.45) is 1.18. The van der Waals surface area contributed by atoms with E-state index in [0.29, 0.717) is 21.7 Å². The summed E-state index contributed by atoms with van der Waals surface area (Å²) >= 11 is 6.21. The van der Waals surface area contributed by atoms with E-state index in [9.17, 15) is 9.59 Å². The van der Waals surface area contributed by atoms with Gasteiger partial charge in [-0.2, -0.15) is 0 Å². The maximum absolute atomic E-state index is 11.8. The van der Waals surface area contributed by atoms with Gasteiger partial charge in [0.2, 0.25) is 0 Å². The molecule has 1 rings (SSSR count). The van der Waals surface area contributed by atoms with Gasteiger partial charge in [0.15, 0.2) is 0 Å². The summed E-state index contributed by atoms with van der Waals surface area (Å²) in [5, 5.41) is 0. The Kier molecular flexibility index (Phi) is 4.49. The molecule has 0 unspecified atom stereocenters. The van der Waals surface area contributed by atoms with Gasteiger partial charge in [-0.25, -0.2) is 4.79 Å². The molecule has 1 saturated heterocycles. The van der Waals surface area contributed by atoms with Crippen molar-refractivity contribution in [3.8, 4) is 0 Å². The monoisotopic (exact) mass is 259 g/mol. The van der Waals surface area contributed by atoms with Gasteiger partial charge in [0, 0.05) is 12.6 Å². The molecule has 16 heavy (non-hydrogen) atoms. The van der Waals surface area contributed by atoms with Crippen LogP contribution in [0.1, 0.15) is 13.8 Å². The first kappa shape index (κ1) is 13.2. The summed E-state index contributed by atoms with van der Waals surface area (Å²) in [4.78, 5) is 24.7. The third-order valence-corrected chi connectivity index (χ3v) is 3.25. The van der Waals surface area contributed by atoms with E-state index in [0.717, 1.165) is 11.8 Å². The highest BCUT2D eigenvalue weighted by atomic mass is 32.2. The van der Waals surface area contributed by atoms with Crippen molar-refractivity contribution in [1.29, 1.82) is 0 Å². The summed E-state index contributed by atoms with van der Waals surface area (Å²) in [6, 6.07) is 0. The van der Waals surface area contributed by atoms with E-state index >= 15 is 0 Å². The number of esters is 1. The van der Waals surface area contributed by atoms with Crippen LogP contribution in [0.5, 0.6) is 0 Å². The average molecular weight is 259 g/mol. The number of nitrogens with zero attached hydrogens (tertiary/aromatic N) is 1. The number of amides is 1. The number of hydrogen-bond donors (Lipinski definition) is 0. The molecule has 1 aliphatic heterocycles. The fourth-order valence-corrected chi connectivity index (χ4v) is 2.42. The van der Waals surface area contributed by atoms with Crippen molar-refractivity contribution in [2.45, 2.75) is 13.8 Å². The van der Waals surface area contributed by atoms with Crippen LogP contribution in [0.4, 0.5) is 0 Å². The number of carbonyl (C=O) groups is 2. The van der Waals surface area contributed by atoms with Crippen LogP contribution in [0.15, 0.2) is 11.0 Å². The molecule has 1 fully saturated rings. The van der Waals surface area contributed by atoms with Gasteiger partial charge < -0.3 is 4.74 Å². The Morgan fingerprint density at radius 2 is 2.25 bits per heavy atom. The second kappa shape index (κ2) is 5.45. The predicted molar refractivity (Wildman–Crippen MR) is 66.8 cm³/mol. The molecule has 0 aromatic carbocycles. The lowest BCUT2D eigenvalue weighted by molar-refractivity contribution is -0.135. The number of thiocarbonyl (C=S) groups is 1. The zero-order valence-corrected chi connectivity index (χ0v) is 11.0. The second-order valence-electron chi connectivity index (χ2n) is 3.71. The Hall–Kier alpha value is -0.880. The minimum atomic E-state index is -0.537. The summed E-state index contributed by atoms with van der Waals surface area (Å²) in [5.74, 6) is -0.417. The molecule has 0 spiro atoms. The van der Waals surface area contributed by atoms with Crippen molar-refractivity contribution in [1.82, 2.24) is 4.90 Å². The molecule has 1 amide bonds. The maximum Gasteiger partial charge on any atom is 0.331 e. The molecule has 0 bridgehead atoms. The van der Waals surface area contributed by atoms with Crippen LogP contribution >= 0.6 is 24.0 Å². The molecule has 0 radical (unpaired) electrons. The summed E-state index contributed by atoms with van der Waals surface area (Å²) in [6.45, 7) is 4.58. The van der Waals surface area contributed by atoms with Gasteiger partial charge >= 0.3 is 5.97 Å². The SMILES string of the molecule is COC(=O)/C=C1/SC(=S)N(CC(C)C)C1=O. The van der Waals surface area contributed by atoms with E-state index < -0.39 is 5.97 Å². The fourth-order valence-electron chi connectivity index (χ4n) is 1.19. The second-order valence-corrected chi connectivity index (χ2v) is 5.39. The first-order valence-electron chi connectivity index (χ1n) is 4.79. The van der Waals surface area contributed by atoms with Crippen molar-refractivity contribution in [3.63, 3.8) is 0 Å². The first-order chi connectivity index (χ1) is 7.45. The van der Waals surface area contributed by atoms with Gasteiger partial charge in [-0.1, -0.05) is 37.8 Å². The van der Waals surface area contributed by atoms with Crippen LogP contribution in [0.3, 0.4) is 0 Å².